The zero-order chi connectivity index (χ0) is 13.0. The molecule has 0 amide bonds. The predicted molar refractivity (Wildman–Crippen MR) is 74.2 cm³/mol. The number of hydrogen-bond acceptors (Lipinski definition) is 4. The number of rotatable bonds is 4. The first-order chi connectivity index (χ1) is 8.70. The summed E-state index contributed by atoms with van der Waals surface area (Å²) in [4.78, 5) is 11.3. The van der Waals surface area contributed by atoms with Crippen molar-refractivity contribution in [2.24, 2.45) is 0 Å². The van der Waals surface area contributed by atoms with E-state index in [0.29, 0.717) is 11.9 Å². The minimum Gasteiger partial charge on any atom is -0.383 e. The standard InChI is InChI=1S/C14H24N4/c1-3-6-13-16-9-12(14(15)17-13)10-18-8-5-4-7-11(18)2/h9,11H,3-8,10H2,1-2H3,(H2,15,16,17). The van der Waals surface area contributed by atoms with Crippen molar-refractivity contribution in [1.29, 1.82) is 0 Å². The molecule has 1 aliphatic rings. The fourth-order valence-electron chi connectivity index (χ4n) is 2.54. The van der Waals surface area contributed by atoms with E-state index in [-0.39, 0.29) is 0 Å². The Morgan fingerprint density at radius 1 is 1.44 bits per heavy atom. The van der Waals surface area contributed by atoms with E-state index in [1.165, 1.54) is 19.3 Å². The van der Waals surface area contributed by atoms with Crippen LogP contribution >= 0.6 is 0 Å². The Kier molecular flexibility index (Phi) is 4.53. The Labute approximate surface area is 110 Å². The molecule has 0 aromatic carbocycles. The molecule has 1 saturated heterocycles. The monoisotopic (exact) mass is 248 g/mol. The Morgan fingerprint density at radius 2 is 2.28 bits per heavy atom. The fourth-order valence-corrected chi connectivity index (χ4v) is 2.54. The van der Waals surface area contributed by atoms with Gasteiger partial charge in [-0.05, 0) is 32.7 Å². The van der Waals surface area contributed by atoms with Gasteiger partial charge in [0.1, 0.15) is 11.6 Å². The summed E-state index contributed by atoms with van der Waals surface area (Å²) in [6.07, 6.45) is 7.80. The highest BCUT2D eigenvalue weighted by Crippen LogP contribution is 2.20. The molecule has 1 atom stereocenters. The molecule has 0 bridgehead atoms. The predicted octanol–water partition coefficient (Wildman–Crippen LogP) is 2.39. The summed E-state index contributed by atoms with van der Waals surface area (Å²) >= 11 is 0. The average molecular weight is 248 g/mol. The van der Waals surface area contributed by atoms with Gasteiger partial charge < -0.3 is 5.73 Å². The van der Waals surface area contributed by atoms with Crippen molar-refractivity contribution in [1.82, 2.24) is 14.9 Å². The Morgan fingerprint density at radius 3 is 2.94 bits per heavy atom. The lowest BCUT2D eigenvalue weighted by Gasteiger charge is -2.33. The Bertz CT molecular complexity index is 391. The molecule has 1 aliphatic heterocycles. The zero-order valence-corrected chi connectivity index (χ0v) is 11.5. The van der Waals surface area contributed by atoms with Gasteiger partial charge in [-0.1, -0.05) is 13.3 Å². The Balaban J connectivity index is 2.04. The van der Waals surface area contributed by atoms with Crippen molar-refractivity contribution in [3.63, 3.8) is 0 Å². The van der Waals surface area contributed by atoms with E-state index in [9.17, 15) is 0 Å². The molecule has 100 valence electrons. The van der Waals surface area contributed by atoms with E-state index in [4.69, 9.17) is 5.73 Å². The van der Waals surface area contributed by atoms with E-state index in [0.717, 1.165) is 37.3 Å². The molecule has 0 aliphatic carbocycles. The van der Waals surface area contributed by atoms with Crippen molar-refractivity contribution >= 4 is 5.82 Å². The topological polar surface area (TPSA) is 55.0 Å². The van der Waals surface area contributed by atoms with Crippen LogP contribution in [0.2, 0.25) is 0 Å². The molecule has 0 spiro atoms. The zero-order valence-electron chi connectivity index (χ0n) is 11.5. The van der Waals surface area contributed by atoms with Gasteiger partial charge in [-0.15, -0.1) is 0 Å². The third-order valence-corrected chi connectivity index (χ3v) is 3.74. The van der Waals surface area contributed by atoms with Crippen LogP contribution in [0.4, 0.5) is 5.82 Å². The van der Waals surface area contributed by atoms with Crippen LogP contribution in [-0.2, 0) is 13.0 Å². The lowest BCUT2D eigenvalue weighted by molar-refractivity contribution is 0.152. The van der Waals surface area contributed by atoms with Crippen molar-refractivity contribution in [2.75, 3.05) is 12.3 Å². The minimum absolute atomic E-state index is 0.647. The summed E-state index contributed by atoms with van der Waals surface area (Å²) in [5, 5.41) is 0. The van der Waals surface area contributed by atoms with Crippen LogP contribution in [-0.4, -0.2) is 27.5 Å². The summed E-state index contributed by atoms with van der Waals surface area (Å²) in [5.41, 5.74) is 7.11. The molecule has 1 fully saturated rings. The van der Waals surface area contributed by atoms with Crippen LogP contribution in [0, 0.1) is 0 Å². The van der Waals surface area contributed by atoms with E-state index in [1.54, 1.807) is 0 Å². The summed E-state index contributed by atoms with van der Waals surface area (Å²) < 4.78 is 0. The first kappa shape index (κ1) is 13.3. The quantitative estimate of drug-likeness (QED) is 0.889. The third-order valence-electron chi connectivity index (χ3n) is 3.74. The van der Waals surface area contributed by atoms with Crippen molar-refractivity contribution in [3.8, 4) is 0 Å². The number of nitrogens with zero attached hydrogens (tertiary/aromatic N) is 3. The molecule has 2 rings (SSSR count). The largest absolute Gasteiger partial charge is 0.383 e. The van der Waals surface area contributed by atoms with E-state index < -0.39 is 0 Å². The van der Waals surface area contributed by atoms with E-state index >= 15 is 0 Å². The van der Waals surface area contributed by atoms with Crippen molar-refractivity contribution < 1.29 is 0 Å². The number of anilines is 1. The second-order valence-electron chi connectivity index (χ2n) is 5.26. The average Bonchev–Trinajstić information content (AvgIpc) is 2.35. The first-order valence-corrected chi connectivity index (χ1v) is 7.05. The van der Waals surface area contributed by atoms with Gasteiger partial charge in [0.2, 0.25) is 0 Å². The van der Waals surface area contributed by atoms with Gasteiger partial charge in [0.15, 0.2) is 0 Å². The molecule has 2 N–H and O–H groups in total. The molecular weight excluding hydrogens is 224 g/mol. The van der Waals surface area contributed by atoms with Crippen LogP contribution in [0.1, 0.15) is 50.9 Å². The van der Waals surface area contributed by atoms with Crippen LogP contribution in [0.5, 0.6) is 0 Å². The number of hydrogen-bond donors (Lipinski definition) is 1. The lowest BCUT2D eigenvalue weighted by Crippen LogP contribution is -2.37. The minimum atomic E-state index is 0.647. The molecule has 2 heterocycles. The maximum absolute atomic E-state index is 6.04. The highest BCUT2D eigenvalue weighted by molar-refractivity contribution is 5.37. The summed E-state index contributed by atoms with van der Waals surface area (Å²) in [6, 6.07) is 0.647. The second kappa shape index (κ2) is 6.14. The van der Waals surface area contributed by atoms with Gasteiger partial charge in [-0.3, -0.25) is 4.90 Å². The first-order valence-electron chi connectivity index (χ1n) is 7.05. The molecule has 1 aromatic rings. The van der Waals surface area contributed by atoms with Crippen molar-refractivity contribution in [3.05, 3.63) is 17.6 Å². The van der Waals surface area contributed by atoms with Crippen LogP contribution in [0.3, 0.4) is 0 Å². The number of nitrogens with two attached hydrogens (primary N) is 1. The van der Waals surface area contributed by atoms with Crippen molar-refractivity contribution in [2.45, 2.75) is 58.5 Å². The summed E-state index contributed by atoms with van der Waals surface area (Å²) in [6.45, 7) is 6.47. The summed E-state index contributed by atoms with van der Waals surface area (Å²) in [5.74, 6) is 1.52. The molecule has 1 unspecified atom stereocenters. The number of aryl methyl sites for hydroxylation is 1. The number of aromatic nitrogens is 2. The SMILES string of the molecule is CCCc1ncc(CN2CCCCC2C)c(N)n1. The van der Waals surface area contributed by atoms with Crippen LogP contribution in [0.25, 0.3) is 0 Å². The molecule has 18 heavy (non-hydrogen) atoms. The molecular formula is C14H24N4. The van der Waals surface area contributed by atoms with Gasteiger partial charge in [-0.2, -0.15) is 0 Å². The van der Waals surface area contributed by atoms with Crippen LogP contribution in [0.15, 0.2) is 6.20 Å². The maximum atomic E-state index is 6.04. The third kappa shape index (κ3) is 3.19. The van der Waals surface area contributed by atoms with E-state index in [1.807, 2.05) is 6.20 Å². The number of piperidine rings is 1. The maximum Gasteiger partial charge on any atom is 0.131 e. The number of nitrogen functional groups attached to an aromatic ring is 1. The molecule has 4 heteroatoms. The van der Waals surface area contributed by atoms with Gasteiger partial charge >= 0.3 is 0 Å². The van der Waals surface area contributed by atoms with E-state index in [2.05, 4.69) is 28.7 Å². The van der Waals surface area contributed by atoms with Gasteiger partial charge in [0, 0.05) is 30.8 Å². The van der Waals surface area contributed by atoms with Crippen LogP contribution < -0.4 is 5.73 Å². The molecule has 1 aromatic heterocycles. The van der Waals surface area contributed by atoms with Gasteiger partial charge in [0.25, 0.3) is 0 Å². The lowest BCUT2D eigenvalue weighted by atomic mass is 10.0. The fraction of sp³-hybridized carbons (Fsp3) is 0.714. The Hall–Kier alpha value is -1.16. The molecule has 0 saturated carbocycles. The highest BCUT2D eigenvalue weighted by Gasteiger charge is 2.19. The molecule has 4 nitrogen and oxygen atoms in total. The van der Waals surface area contributed by atoms with Gasteiger partial charge in [-0.25, -0.2) is 9.97 Å². The molecule has 0 radical (unpaired) electrons. The second-order valence-corrected chi connectivity index (χ2v) is 5.26. The normalized spacial score (nSPS) is 21.1. The van der Waals surface area contributed by atoms with Gasteiger partial charge in [0.05, 0.1) is 0 Å². The smallest absolute Gasteiger partial charge is 0.131 e. The highest BCUT2D eigenvalue weighted by atomic mass is 15.2. The number of likely N-dealkylation sites (tertiary alicyclic amines) is 1. The summed E-state index contributed by atoms with van der Waals surface area (Å²) in [7, 11) is 0.